The summed E-state index contributed by atoms with van der Waals surface area (Å²) in [5.41, 5.74) is 4.62. The van der Waals surface area contributed by atoms with E-state index in [0.29, 0.717) is 39.4 Å². The first-order valence-electron chi connectivity index (χ1n) is 10.4. The van der Waals surface area contributed by atoms with Crippen molar-refractivity contribution in [2.24, 2.45) is 0 Å². The van der Waals surface area contributed by atoms with Gasteiger partial charge in [0.2, 0.25) is 10.0 Å². The summed E-state index contributed by atoms with van der Waals surface area (Å²) in [6, 6.07) is 12.8. The average molecular weight is 466 g/mol. The van der Waals surface area contributed by atoms with Gasteiger partial charge in [0.15, 0.2) is 5.65 Å². The van der Waals surface area contributed by atoms with Gasteiger partial charge in [-0.05, 0) is 37.1 Å². The fourth-order valence-electron chi connectivity index (χ4n) is 3.46. The normalized spacial score (nSPS) is 11.5. The fraction of sp³-hybridized carbons (Fsp3) is 0.217. The van der Waals surface area contributed by atoms with Crippen LogP contribution in [0.15, 0.2) is 48.7 Å². The van der Waals surface area contributed by atoms with E-state index in [-0.39, 0.29) is 6.61 Å². The molecule has 9 nitrogen and oxygen atoms in total. The van der Waals surface area contributed by atoms with Crippen LogP contribution in [-0.4, -0.2) is 47.4 Å². The van der Waals surface area contributed by atoms with Gasteiger partial charge in [-0.3, -0.25) is 14.8 Å². The summed E-state index contributed by atoms with van der Waals surface area (Å²) in [6.45, 7) is 4.05. The van der Waals surface area contributed by atoms with Gasteiger partial charge in [0, 0.05) is 5.56 Å². The molecule has 0 saturated heterocycles. The van der Waals surface area contributed by atoms with Gasteiger partial charge in [0.25, 0.3) is 0 Å². The van der Waals surface area contributed by atoms with Gasteiger partial charge in [-0.2, -0.15) is 5.10 Å². The number of fused-ring (bicyclic) bond motifs is 1. The summed E-state index contributed by atoms with van der Waals surface area (Å²) in [5.74, 6) is -0.491. The molecular formula is C23H23N5O4S. The van der Waals surface area contributed by atoms with Crippen LogP contribution in [0.5, 0.6) is 0 Å². The van der Waals surface area contributed by atoms with Crippen molar-refractivity contribution in [3.05, 3.63) is 59.8 Å². The lowest BCUT2D eigenvalue weighted by molar-refractivity contribution is 0.0528. The lowest BCUT2D eigenvalue weighted by Gasteiger charge is -2.09. The van der Waals surface area contributed by atoms with Crippen LogP contribution in [0.1, 0.15) is 29.8 Å². The predicted molar refractivity (Wildman–Crippen MR) is 126 cm³/mol. The van der Waals surface area contributed by atoms with E-state index in [0.717, 1.165) is 18.2 Å². The first-order chi connectivity index (χ1) is 15.8. The van der Waals surface area contributed by atoms with E-state index in [1.54, 1.807) is 25.1 Å². The molecule has 3 heterocycles. The molecule has 0 aliphatic carbocycles. The molecule has 10 heteroatoms. The molecule has 0 fully saturated rings. The molecule has 0 amide bonds. The molecular weight excluding hydrogens is 442 g/mol. The second-order valence-corrected chi connectivity index (χ2v) is 9.18. The molecule has 33 heavy (non-hydrogen) atoms. The number of hydrogen-bond acceptors (Lipinski definition) is 7. The summed E-state index contributed by atoms with van der Waals surface area (Å²) >= 11 is 0. The van der Waals surface area contributed by atoms with Gasteiger partial charge in [0.05, 0.1) is 52.8 Å². The smallest absolute Gasteiger partial charge is 0.339 e. The van der Waals surface area contributed by atoms with Crippen molar-refractivity contribution in [3.8, 4) is 22.6 Å². The van der Waals surface area contributed by atoms with Crippen molar-refractivity contribution in [1.82, 2.24) is 20.2 Å². The van der Waals surface area contributed by atoms with E-state index in [1.807, 2.05) is 24.3 Å². The highest BCUT2D eigenvalue weighted by atomic mass is 32.2. The number of rotatable bonds is 7. The van der Waals surface area contributed by atoms with Crippen molar-refractivity contribution >= 4 is 32.7 Å². The Bertz CT molecular complexity index is 1410. The van der Waals surface area contributed by atoms with Crippen LogP contribution in [-0.2, 0) is 21.2 Å². The molecule has 0 radical (unpaired) electrons. The molecule has 0 unspecified atom stereocenters. The van der Waals surface area contributed by atoms with E-state index in [9.17, 15) is 13.2 Å². The van der Waals surface area contributed by atoms with Crippen LogP contribution in [0.2, 0.25) is 0 Å². The largest absolute Gasteiger partial charge is 0.462 e. The van der Waals surface area contributed by atoms with Gasteiger partial charge >= 0.3 is 5.97 Å². The van der Waals surface area contributed by atoms with Crippen LogP contribution in [0.25, 0.3) is 33.7 Å². The molecule has 2 N–H and O–H groups in total. The Labute approximate surface area is 191 Å². The monoisotopic (exact) mass is 465 g/mol. The van der Waals surface area contributed by atoms with Crippen molar-refractivity contribution in [1.29, 1.82) is 0 Å². The zero-order valence-electron chi connectivity index (χ0n) is 18.4. The number of sulfonamides is 1. The fourth-order valence-corrected chi connectivity index (χ4v) is 4.01. The SMILES string of the molecule is CCOC(=O)c1cc(-c2ccc(NS(C)(=O)=O)cn2)nc2n[nH]c(-c3ccc(CC)cc3)c12. The standard InChI is InChI=1S/C23H23N5O4S/c1-4-14-6-8-15(9-7-14)21-20-17(23(29)32-5-2)12-19(25-22(20)27-26-21)18-11-10-16(13-24-18)28-33(3,30)31/h6-13,28H,4-5H2,1-3H3,(H,25,26,27). The maximum absolute atomic E-state index is 12.8. The minimum absolute atomic E-state index is 0.223. The molecule has 0 spiro atoms. The summed E-state index contributed by atoms with van der Waals surface area (Å²) in [7, 11) is -3.42. The van der Waals surface area contributed by atoms with E-state index in [4.69, 9.17) is 4.74 Å². The maximum Gasteiger partial charge on any atom is 0.339 e. The number of nitrogens with one attached hydrogen (secondary N) is 2. The number of anilines is 1. The minimum Gasteiger partial charge on any atom is -0.462 e. The summed E-state index contributed by atoms with van der Waals surface area (Å²) in [5, 5.41) is 7.90. The second kappa shape index (κ2) is 8.99. The van der Waals surface area contributed by atoms with Crippen LogP contribution in [0, 0.1) is 0 Å². The van der Waals surface area contributed by atoms with E-state index < -0.39 is 16.0 Å². The zero-order valence-corrected chi connectivity index (χ0v) is 19.2. The third-order valence-corrected chi connectivity index (χ3v) is 5.61. The van der Waals surface area contributed by atoms with Gasteiger partial charge in [-0.15, -0.1) is 0 Å². The second-order valence-electron chi connectivity index (χ2n) is 7.43. The quantitative estimate of drug-likeness (QED) is 0.397. The summed E-state index contributed by atoms with van der Waals surface area (Å²) in [4.78, 5) is 21.7. The molecule has 3 aromatic heterocycles. The molecule has 0 aliphatic rings. The number of nitrogens with zero attached hydrogens (tertiary/aromatic N) is 3. The topological polar surface area (TPSA) is 127 Å². The number of hydrogen-bond donors (Lipinski definition) is 2. The van der Waals surface area contributed by atoms with Crippen LogP contribution < -0.4 is 4.72 Å². The lowest BCUT2D eigenvalue weighted by Crippen LogP contribution is -2.09. The number of aromatic nitrogens is 4. The predicted octanol–water partition coefficient (Wildman–Crippen LogP) is 3.80. The number of benzene rings is 1. The number of esters is 1. The first kappa shape index (κ1) is 22.4. The Morgan fingerprint density at radius 2 is 1.85 bits per heavy atom. The molecule has 0 atom stereocenters. The van der Waals surface area contributed by atoms with Crippen LogP contribution >= 0.6 is 0 Å². The number of carbonyl (C=O) groups is 1. The molecule has 0 aliphatic heterocycles. The highest BCUT2D eigenvalue weighted by molar-refractivity contribution is 7.92. The van der Waals surface area contributed by atoms with Gasteiger partial charge in [0.1, 0.15) is 0 Å². The van der Waals surface area contributed by atoms with Crippen LogP contribution in [0.4, 0.5) is 5.69 Å². The van der Waals surface area contributed by atoms with Crippen molar-refractivity contribution in [2.45, 2.75) is 20.3 Å². The average Bonchev–Trinajstić information content (AvgIpc) is 3.22. The number of aromatic amines is 1. The third kappa shape index (κ3) is 4.85. The van der Waals surface area contributed by atoms with Crippen molar-refractivity contribution in [2.75, 3.05) is 17.6 Å². The van der Waals surface area contributed by atoms with Gasteiger partial charge < -0.3 is 4.74 Å². The van der Waals surface area contributed by atoms with Crippen LogP contribution in [0.3, 0.4) is 0 Å². The number of pyridine rings is 2. The third-order valence-electron chi connectivity index (χ3n) is 5.00. The molecule has 4 aromatic rings. The molecule has 0 saturated carbocycles. The lowest BCUT2D eigenvalue weighted by atomic mass is 10.0. The zero-order chi connectivity index (χ0) is 23.6. The van der Waals surface area contributed by atoms with Crippen molar-refractivity contribution in [3.63, 3.8) is 0 Å². The van der Waals surface area contributed by atoms with Crippen molar-refractivity contribution < 1.29 is 17.9 Å². The van der Waals surface area contributed by atoms with E-state index in [1.165, 1.54) is 11.8 Å². The number of H-pyrrole nitrogens is 1. The summed E-state index contributed by atoms with van der Waals surface area (Å²) in [6.07, 6.45) is 3.37. The number of ether oxygens (including phenoxy) is 1. The summed E-state index contributed by atoms with van der Waals surface area (Å²) < 4.78 is 30.5. The Balaban J connectivity index is 1.82. The molecule has 4 rings (SSSR count). The Morgan fingerprint density at radius 1 is 1.09 bits per heavy atom. The Morgan fingerprint density at radius 3 is 2.45 bits per heavy atom. The maximum atomic E-state index is 12.8. The molecule has 170 valence electrons. The highest BCUT2D eigenvalue weighted by Gasteiger charge is 2.21. The highest BCUT2D eigenvalue weighted by Crippen LogP contribution is 2.32. The number of carbonyl (C=O) groups excluding carboxylic acids is 1. The minimum atomic E-state index is -3.42. The first-order valence-corrected chi connectivity index (χ1v) is 12.3. The van der Waals surface area contributed by atoms with Gasteiger partial charge in [-0.1, -0.05) is 31.2 Å². The van der Waals surface area contributed by atoms with Gasteiger partial charge in [-0.25, -0.2) is 18.2 Å². The number of aryl methyl sites for hydroxylation is 1. The Kier molecular flexibility index (Phi) is 6.10. The molecule has 0 bridgehead atoms. The molecule has 1 aromatic carbocycles. The van der Waals surface area contributed by atoms with E-state index >= 15 is 0 Å². The van der Waals surface area contributed by atoms with E-state index in [2.05, 4.69) is 31.8 Å². The Hall–Kier alpha value is -3.79.